The second-order valence-corrected chi connectivity index (χ2v) is 2.93. The quantitative estimate of drug-likeness (QED) is 0.445. The van der Waals surface area contributed by atoms with Crippen molar-refractivity contribution in [3.63, 3.8) is 0 Å². The van der Waals surface area contributed by atoms with Crippen molar-refractivity contribution in [1.82, 2.24) is 0 Å². The average Bonchev–Trinajstić information content (AvgIpc) is 2.47. The molecule has 0 unspecified atom stereocenters. The Balaban J connectivity index is 2.33. The maximum Gasteiger partial charge on any atom is 0.271 e. The fraction of sp³-hybridized carbons (Fsp3) is 0.250. The molecule has 0 bridgehead atoms. The van der Waals surface area contributed by atoms with Crippen molar-refractivity contribution in [2.45, 2.75) is 6.92 Å². The van der Waals surface area contributed by atoms with Gasteiger partial charge in [-0.2, -0.15) is 10.2 Å². The van der Waals surface area contributed by atoms with Gasteiger partial charge < -0.3 is 0 Å². The summed E-state index contributed by atoms with van der Waals surface area (Å²) in [4.78, 5) is 9.99. The van der Waals surface area contributed by atoms with Crippen molar-refractivity contribution < 1.29 is 4.92 Å². The van der Waals surface area contributed by atoms with Gasteiger partial charge in [0.1, 0.15) is 0 Å². The zero-order valence-corrected chi connectivity index (χ0v) is 6.97. The van der Waals surface area contributed by atoms with Crippen LogP contribution < -0.4 is 0 Å². The van der Waals surface area contributed by atoms with Crippen molar-refractivity contribution in [3.8, 4) is 0 Å². The van der Waals surface area contributed by atoms with Crippen LogP contribution in [0.1, 0.15) is 6.92 Å². The predicted octanol–water partition coefficient (Wildman–Crippen LogP) is 1.16. The van der Waals surface area contributed by atoms with Crippen LogP contribution in [0.15, 0.2) is 34.1 Å². The van der Waals surface area contributed by atoms with Gasteiger partial charge in [0.05, 0.1) is 22.3 Å². The van der Waals surface area contributed by atoms with Gasteiger partial charge in [0.25, 0.3) is 5.70 Å². The average molecular weight is 177 g/mol. The molecule has 2 rings (SSSR count). The van der Waals surface area contributed by atoms with E-state index in [2.05, 4.69) is 10.2 Å². The first-order valence-electron chi connectivity index (χ1n) is 3.85. The Morgan fingerprint density at radius 3 is 3.00 bits per heavy atom. The van der Waals surface area contributed by atoms with E-state index in [4.69, 9.17) is 0 Å². The molecule has 0 spiro atoms. The zero-order valence-electron chi connectivity index (χ0n) is 6.97. The molecule has 0 fully saturated rings. The third-order valence-electron chi connectivity index (χ3n) is 2.06. The largest absolute Gasteiger partial charge is 0.271 e. The highest BCUT2D eigenvalue weighted by atomic mass is 16.6. The topological polar surface area (TPSA) is 67.9 Å². The first kappa shape index (κ1) is 7.85. The fourth-order valence-electron chi connectivity index (χ4n) is 1.34. The Labute approximate surface area is 74.3 Å². The normalized spacial score (nSPS) is 24.7. The minimum atomic E-state index is -0.428. The Morgan fingerprint density at radius 1 is 1.54 bits per heavy atom. The molecule has 0 aromatic rings. The van der Waals surface area contributed by atoms with E-state index >= 15 is 0 Å². The molecule has 1 heterocycles. The van der Waals surface area contributed by atoms with E-state index in [1.807, 2.05) is 6.92 Å². The standard InChI is InChI=1S/C8H7N3O2/c1-5-7-3-2-6(11(12)13)4-8(7)10-9-5/h2-4,7H,1H3/t7-/m0/s1. The molecule has 0 aromatic carbocycles. The minimum absolute atomic E-state index is 0.0451. The third kappa shape index (κ3) is 1.18. The van der Waals surface area contributed by atoms with E-state index in [1.54, 1.807) is 6.08 Å². The van der Waals surface area contributed by atoms with E-state index in [1.165, 1.54) is 12.2 Å². The molecule has 2 aliphatic rings. The van der Waals surface area contributed by atoms with Crippen LogP contribution >= 0.6 is 0 Å². The molecule has 0 saturated carbocycles. The summed E-state index contributed by atoms with van der Waals surface area (Å²) in [6, 6.07) is 0. The summed E-state index contributed by atoms with van der Waals surface area (Å²) < 4.78 is 0. The highest BCUT2D eigenvalue weighted by molar-refractivity contribution is 6.16. The van der Waals surface area contributed by atoms with Gasteiger partial charge in [0.15, 0.2) is 0 Å². The summed E-state index contributed by atoms with van der Waals surface area (Å²) in [7, 11) is 0. The smallest absolute Gasteiger partial charge is 0.258 e. The lowest BCUT2D eigenvalue weighted by atomic mass is 9.94. The molecule has 1 aliphatic carbocycles. The van der Waals surface area contributed by atoms with Gasteiger partial charge >= 0.3 is 0 Å². The summed E-state index contributed by atoms with van der Waals surface area (Å²) in [5.41, 5.74) is 1.61. The summed E-state index contributed by atoms with van der Waals surface area (Å²) in [6.07, 6.45) is 4.71. The Bertz CT molecular complexity index is 390. The molecular weight excluding hydrogens is 170 g/mol. The predicted molar refractivity (Wildman–Crippen MR) is 48.3 cm³/mol. The minimum Gasteiger partial charge on any atom is -0.258 e. The van der Waals surface area contributed by atoms with Gasteiger partial charge in [-0.05, 0) is 6.92 Å². The van der Waals surface area contributed by atoms with E-state index < -0.39 is 4.92 Å². The summed E-state index contributed by atoms with van der Waals surface area (Å²) in [5, 5.41) is 18.1. The molecule has 0 aromatic heterocycles. The van der Waals surface area contributed by atoms with Gasteiger partial charge in [-0.1, -0.05) is 6.08 Å². The molecule has 0 amide bonds. The van der Waals surface area contributed by atoms with Crippen LogP contribution in [0.25, 0.3) is 0 Å². The highest BCUT2D eigenvalue weighted by Crippen LogP contribution is 2.20. The Hall–Kier alpha value is -1.78. The van der Waals surface area contributed by atoms with Crippen molar-refractivity contribution >= 4 is 11.4 Å². The Kier molecular flexibility index (Phi) is 1.58. The maximum absolute atomic E-state index is 10.4. The van der Waals surface area contributed by atoms with Crippen LogP contribution in [0.4, 0.5) is 0 Å². The first-order chi connectivity index (χ1) is 6.18. The lowest BCUT2D eigenvalue weighted by Crippen LogP contribution is -2.18. The second kappa shape index (κ2) is 2.62. The van der Waals surface area contributed by atoms with Crippen LogP contribution in [0.3, 0.4) is 0 Å². The molecule has 5 heteroatoms. The number of hydrogen-bond donors (Lipinski definition) is 0. The van der Waals surface area contributed by atoms with E-state index in [0.717, 1.165) is 5.71 Å². The van der Waals surface area contributed by atoms with E-state index in [0.29, 0.717) is 5.71 Å². The van der Waals surface area contributed by atoms with Gasteiger partial charge in [0.2, 0.25) is 0 Å². The molecular formula is C8H7N3O2. The highest BCUT2D eigenvalue weighted by Gasteiger charge is 2.26. The van der Waals surface area contributed by atoms with Crippen LogP contribution in [-0.2, 0) is 0 Å². The second-order valence-electron chi connectivity index (χ2n) is 2.93. The molecule has 66 valence electrons. The number of nitro groups is 1. The van der Waals surface area contributed by atoms with Gasteiger partial charge in [-0.25, -0.2) is 0 Å². The van der Waals surface area contributed by atoms with Crippen molar-refractivity contribution in [2.75, 3.05) is 0 Å². The lowest BCUT2D eigenvalue weighted by molar-refractivity contribution is -0.418. The molecule has 0 radical (unpaired) electrons. The summed E-state index contributed by atoms with van der Waals surface area (Å²) in [6.45, 7) is 1.86. The van der Waals surface area contributed by atoms with Crippen LogP contribution in [0, 0.1) is 16.0 Å². The van der Waals surface area contributed by atoms with Gasteiger partial charge in [-0.3, -0.25) is 10.1 Å². The maximum atomic E-state index is 10.4. The molecule has 1 aliphatic heterocycles. The number of allylic oxidation sites excluding steroid dienone is 3. The number of fused-ring (bicyclic) bond motifs is 1. The lowest BCUT2D eigenvalue weighted by Gasteiger charge is -2.08. The van der Waals surface area contributed by atoms with Gasteiger partial charge in [-0.15, -0.1) is 0 Å². The Morgan fingerprint density at radius 2 is 2.31 bits per heavy atom. The van der Waals surface area contributed by atoms with Crippen molar-refractivity contribution in [1.29, 1.82) is 0 Å². The summed E-state index contributed by atoms with van der Waals surface area (Å²) >= 11 is 0. The van der Waals surface area contributed by atoms with Crippen LogP contribution in [0.2, 0.25) is 0 Å². The van der Waals surface area contributed by atoms with Crippen LogP contribution in [-0.4, -0.2) is 16.3 Å². The summed E-state index contributed by atoms with van der Waals surface area (Å²) in [5.74, 6) is 0.0451. The third-order valence-corrected chi connectivity index (χ3v) is 2.06. The molecule has 13 heavy (non-hydrogen) atoms. The fourth-order valence-corrected chi connectivity index (χ4v) is 1.34. The molecule has 5 nitrogen and oxygen atoms in total. The number of hydrogen-bond acceptors (Lipinski definition) is 4. The number of nitrogens with zero attached hydrogens (tertiary/aromatic N) is 3. The first-order valence-corrected chi connectivity index (χ1v) is 3.85. The van der Waals surface area contributed by atoms with Crippen LogP contribution in [0.5, 0.6) is 0 Å². The SMILES string of the molecule is CC1=NN=C2C=C([N+](=O)[O-])C=C[C@@H]12. The zero-order chi connectivity index (χ0) is 9.42. The monoisotopic (exact) mass is 177 g/mol. The molecule has 0 saturated heterocycles. The van der Waals surface area contributed by atoms with Crippen molar-refractivity contribution in [2.24, 2.45) is 16.1 Å². The van der Waals surface area contributed by atoms with Crippen molar-refractivity contribution in [3.05, 3.63) is 34.0 Å². The number of rotatable bonds is 1. The van der Waals surface area contributed by atoms with E-state index in [-0.39, 0.29) is 11.6 Å². The van der Waals surface area contributed by atoms with E-state index in [9.17, 15) is 10.1 Å². The molecule has 0 N–H and O–H groups in total. The molecule has 1 atom stereocenters. The van der Waals surface area contributed by atoms with Gasteiger partial charge in [0, 0.05) is 12.2 Å².